The van der Waals surface area contributed by atoms with Crippen molar-refractivity contribution in [1.29, 1.82) is 0 Å². The van der Waals surface area contributed by atoms with Crippen LogP contribution in [0, 0.1) is 0 Å². The van der Waals surface area contributed by atoms with Gasteiger partial charge in [0.1, 0.15) is 0 Å². The van der Waals surface area contributed by atoms with Gasteiger partial charge in [0.2, 0.25) is 0 Å². The summed E-state index contributed by atoms with van der Waals surface area (Å²) in [5.74, 6) is 0. The van der Waals surface area contributed by atoms with Crippen LogP contribution < -0.4 is 0 Å². The van der Waals surface area contributed by atoms with Gasteiger partial charge in [-0.1, -0.05) is 0 Å². The Bertz CT molecular complexity index is 93.0. The summed E-state index contributed by atoms with van der Waals surface area (Å²) in [6.07, 6.45) is 0. The summed E-state index contributed by atoms with van der Waals surface area (Å²) >= 11 is 0. The Morgan fingerprint density at radius 2 is 0.667 bits per heavy atom. The molecule has 0 aromatic heterocycles. The first-order chi connectivity index (χ1) is 2.00. The molecule has 14 N–H and O–H groups in total. The molecule has 0 fully saturated rings. The molecule has 0 heterocycles. The van der Waals surface area contributed by atoms with Gasteiger partial charge in [-0.15, -0.1) is 0 Å². The molecule has 0 unspecified atom stereocenters. The number of hydrogen-bond acceptors (Lipinski definition) is 2. The molecular weight excluding hydrogens is 278 g/mol. The van der Waals surface area contributed by atoms with Crippen LogP contribution in [0.3, 0.4) is 0 Å². The average molecular weight is 293 g/mol. The second kappa shape index (κ2) is 29.4. The van der Waals surface area contributed by atoms with Crippen molar-refractivity contribution >= 4 is 68.6 Å². The summed E-state index contributed by atoms with van der Waals surface area (Å²) in [5.41, 5.74) is 0. The van der Waals surface area contributed by atoms with Crippen molar-refractivity contribution in [3.63, 3.8) is 0 Å². The third-order valence-corrected chi connectivity index (χ3v) is 0. The van der Waals surface area contributed by atoms with Crippen LogP contribution in [0.15, 0.2) is 0 Å². The van der Waals surface area contributed by atoms with Crippen LogP contribution in [-0.2, 0) is 10.4 Å². The molecule has 0 saturated carbocycles. The van der Waals surface area contributed by atoms with Gasteiger partial charge in [0.15, 0.2) is 0 Å². The third-order valence-electron chi connectivity index (χ3n) is 0. The van der Waals surface area contributed by atoms with E-state index >= 15 is 0 Å². The van der Waals surface area contributed by atoms with E-state index in [0.717, 1.165) is 0 Å². The molecule has 0 aliphatic carbocycles. The van der Waals surface area contributed by atoms with Crippen LogP contribution in [0.5, 0.6) is 0 Å². The minimum atomic E-state index is -4.67. The Kier molecular flexibility index (Phi) is 172. The Hall–Kier alpha value is 1.44. The van der Waals surface area contributed by atoms with Crippen LogP contribution in [0.2, 0.25) is 0 Å². The van der Waals surface area contributed by atoms with E-state index in [1.807, 2.05) is 0 Å². The Morgan fingerprint density at radius 3 is 0.667 bits per heavy atom. The second-order valence-corrected chi connectivity index (χ2v) is 1.34. The minimum absolute atomic E-state index is 0. The van der Waals surface area contributed by atoms with E-state index in [1.54, 1.807) is 0 Å². The molecule has 12 heavy (non-hydrogen) atoms. The Morgan fingerprint density at radius 1 is 0.667 bits per heavy atom. The Labute approximate surface area is 117 Å². The summed E-state index contributed by atoms with van der Waals surface area (Å²) in [7, 11) is -4.67. The van der Waals surface area contributed by atoms with Crippen molar-refractivity contribution in [2.24, 2.45) is 0 Å². The number of rotatable bonds is 0. The summed E-state index contributed by atoms with van der Waals surface area (Å²) in [5, 5.41) is 0. The Balaban J connectivity index is -0.00000000381. The zero-order valence-corrected chi connectivity index (χ0v) is 5.94. The molecule has 12 heteroatoms. The van der Waals surface area contributed by atoms with E-state index in [2.05, 4.69) is 0 Å². The van der Waals surface area contributed by atoms with Crippen LogP contribution >= 0.6 is 0 Å². The molecule has 0 radical (unpaired) electrons. The normalized spacial score (nSPS) is 4.83. The summed E-state index contributed by atoms with van der Waals surface area (Å²) in [6.45, 7) is 0. The maximum absolute atomic E-state index is 8.74. The van der Waals surface area contributed by atoms with Crippen LogP contribution in [0.25, 0.3) is 0 Å². The molecule has 0 bridgehead atoms. The van der Waals surface area contributed by atoms with Gasteiger partial charge < -0.3 is 32.9 Å². The van der Waals surface area contributed by atoms with Crippen molar-refractivity contribution in [3.05, 3.63) is 0 Å². The van der Waals surface area contributed by atoms with Crippen molar-refractivity contribution in [3.8, 4) is 0 Å². The molecular formula is H15O10RbS. The van der Waals surface area contributed by atoms with Crippen molar-refractivity contribution in [1.82, 2.24) is 0 Å². The summed E-state index contributed by atoms with van der Waals surface area (Å²) in [4.78, 5) is 0. The van der Waals surface area contributed by atoms with Gasteiger partial charge in [-0.05, 0) is 0 Å². The third kappa shape index (κ3) is 605. The molecule has 0 saturated heterocycles. The predicted molar refractivity (Wildman–Crippen MR) is 43.0 cm³/mol. The van der Waals surface area contributed by atoms with E-state index in [0.29, 0.717) is 0 Å². The van der Waals surface area contributed by atoms with Crippen molar-refractivity contribution in [2.75, 3.05) is 0 Å². The standard InChI is InChI=1S/H2O4S.6H2O.Rb.H/c1-5(2,3)4;;;;;;;;/h(H2,1,2,3,4);6*1H2;;. The van der Waals surface area contributed by atoms with E-state index in [1.165, 1.54) is 0 Å². The van der Waals surface area contributed by atoms with Gasteiger partial charge in [0.25, 0.3) is 0 Å². The monoisotopic (exact) mass is 292 g/mol. The molecule has 0 amide bonds. The first-order valence-electron chi connectivity index (χ1n) is 0.698. The maximum atomic E-state index is 8.74. The second-order valence-electron chi connectivity index (χ2n) is 0.448. The first-order valence-corrected chi connectivity index (χ1v) is 2.10. The molecule has 82 valence electrons. The zero-order valence-electron chi connectivity index (χ0n) is 5.12. The van der Waals surface area contributed by atoms with Crippen molar-refractivity contribution in [2.45, 2.75) is 0 Å². The topological polar surface area (TPSA) is 264 Å². The van der Waals surface area contributed by atoms with Gasteiger partial charge in [0.05, 0.1) is 0 Å². The van der Waals surface area contributed by atoms with Crippen LogP contribution in [0.4, 0.5) is 0 Å². The molecule has 0 atom stereocenters. The molecule has 0 aliphatic rings. The van der Waals surface area contributed by atoms with Crippen LogP contribution in [-0.4, -0.2) is 109 Å². The number of hydrogen-bond donors (Lipinski definition) is 2. The fraction of sp³-hybridized carbons (Fsp3) is 0. The molecule has 0 rings (SSSR count). The van der Waals surface area contributed by atoms with E-state index in [9.17, 15) is 0 Å². The molecule has 0 spiro atoms. The van der Waals surface area contributed by atoms with Gasteiger partial charge in [0, 0.05) is 0 Å². The van der Waals surface area contributed by atoms with Gasteiger partial charge >= 0.3 is 68.6 Å². The fourth-order valence-electron chi connectivity index (χ4n) is 0. The average Bonchev–Trinajstić information content (AvgIpc) is 0.722. The quantitative estimate of drug-likeness (QED) is 0.412. The first kappa shape index (κ1) is 70.3. The van der Waals surface area contributed by atoms with Crippen LogP contribution in [0.1, 0.15) is 0 Å². The van der Waals surface area contributed by atoms with E-state index in [4.69, 9.17) is 17.5 Å². The van der Waals surface area contributed by atoms with E-state index in [-0.39, 0.29) is 91.0 Å². The van der Waals surface area contributed by atoms with Crippen molar-refractivity contribution < 1.29 is 50.4 Å². The fourth-order valence-corrected chi connectivity index (χ4v) is 0. The zero-order chi connectivity index (χ0) is 4.50. The molecule has 0 aliphatic heterocycles. The SMILES string of the molecule is O.O.O.O.O.O.O=S(=O)(O)O.[RbH]. The van der Waals surface area contributed by atoms with Gasteiger partial charge in [-0.25, -0.2) is 0 Å². The molecule has 10 nitrogen and oxygen atoms in total. The molecule has 0 aromatic carbocycles. The predicted octanol–water partition coefficient (Wildman–Crippen LogP) is -6.25. The summed E-state index contributed by atoms with van der Waals surface area (Å²) < 4.78 is 31.6. The summed E-state index contributed by atoms with van der Waals surface area (Å²) in [6, 6.07) is 0. The van der Waals surface area contributed by atoms with Gasteiger partial charge in [-0.3, -0.25) is 9.11 Å². The van der Waals surface area contributed by atoms with E-state index < -0.39 is 10.4 Å². The molecule has 0 aromatic rings. The van der Waals surface area contributed by atoms with Gasteiger partial charge in [-0.2, -0.15) is 8.42 Å².